The van der Waals surface area contributed by atoms with Crippen molar-refractivity contribution in [2.75, 3.05) is 26.2 Å². The normalized spacial score (nSPS) is 24.8. The van der Waals surface area contributed by atoms with Gasteiger partial charge in [0.15, 0.2) is 0 Å². The lowest BCUT2D eigenvalue weighted by Crippen LogP contribution is -2.46. The lowest BCUT2D eigenvalue weighted by Gasteiger charge is -2.32. The van der Waals surface area contributed by atoms with E-state index in [0.717, 1.165) is 26.2 Å². The molecule has 0 atom stereocenters. The summed E-state index contributed by atoms with van der Waals surface area (Å²) in [4.78, 5) is 4.73. The van der Waals surface area contributed by atoms with Crippen molar-refractivity contribution in [3.05, 3.63) is 0 Å². The monoisotopic (exact) mass is 214 g/mol. The molecule has 0 aromatic carbocycles. The van der Waals surface area contributed by atoms with Gasteiger partial charge in [0.2, 0.25) is 0 Å². The van der Waals surface area contributed by atoms with Crippen molar-refractivity contribution in [2.45, 2.75) is 52.3 Å². The summed E-state index contributed by atoms with van der Waals surface area (Å²) in [5, 5.41) is 10.3. The second-order valence-corrected chi connectivity index (χ2v) is 5.63. The number of nitrogens with zero attached hydrogens (tertiary/aromatic N) is 2. The van der Waals surface area contributed by atoms with Crippen LogP contribution < -0.4 is 0 Å². The molecule has 0 spiro atoms. The Labute approximate surface area is 94.1 Å². The lowest BCUT2D eigenvalue weighted by molar-refractivity contribution is 0.00355. The number of β-amino-alcohol motifs (C(OH)–C–C–N with tert-alkyl or cyclic N) is 1. The number of aliphatic hydroxyl groups is 1. The maximum atomic E-state index is 10.3. The molecule has 1 fully saturated rings. The molecule has 0 amide bonds. The van der Waals surface area contributed by atoms with E-state index >= 15 is 0 Å². The molecule has 1 aliphatic heterocycles. The van der Waals surface area contributed by atoms with Crippen molar-refractivity contribution < 1.29 is 5.11 Å². The van der Waals surface area contributed by atoms with Crippen molar-refractivity contribution >= 4 is 0 Å². The fraction of sp³-hybridized carbons (Fsp3) is 1.00. The molecule has 1 N–H and O–H groups in total. The Bertz CT molecular complexity index is 182. The minimum atomic E-state index is -0.578. The molecule has 0 saturated carbocycles. The highest BCUT2D eigenvalue weighted by atomic mass is 16.3. The smallest absolute Gasteiger partial charge is 0.0872 e. The van der Waals surface area contributed by atoms with Crippen LogP contribution >= 0.6 is 0 Å². The van der Waals surface area contributed by atoms with Crippen LogP contribution in [0.15, 0.2) is 0 Å². The largest absolute Gasteiger partial charge is 0.388 e. The highest BCUT2D eigenvalue weighted by molar-refractivity contribution is 4.87. The molecule has 0 bridgehead atoms. The second-order valence-electron chi connectivity index (χ2n) is 5.63. The van der Waals surface area contributed by atoms with E-state index in [9.17, 15) is 5.11 Å². The number of rotatable bonds is 2. The standard InChI is InChI=1S/C12H26N2O/c1-10(2)13-6-7-14(11(3)4)9-12(5,15)8-13/h10-11,15H,6-9H2,1-5H3. The fourth-order valence-electron chi connectivity index (χ4n) is 2.22. The Morgan fingerprint density at radius 2 is 1.27 bits per heavy atom. The Kier molecular flexibility index (Phi) is 4.15. The van der Waals surface area contributed by atoms with Crippen LogP contribution in [0.1, 0.15) is 34.6 Å². The van der Waals surface area contributed by atoms with E-state index in [1.807, 2.05) is 6.92 Å². The highest BCUT2D eigenvalue weighted by Crippen LogP contribution is 2.17. The summed E-state index contributed by atoms with van der Waals surface area (Å²) in [7, 11) is 0. The van der Waals surface area contributed by atoms with Gasteiger partial charge in [0.1, 0.15) is 0 Å². The first-order valence-electron chi connectivity index (χ1n) is 6.02. The summed E-state index contributed by atoms with van der Waals surface area (Å²) in [5.74, 6) is 0. The third-order valence-electron chi connectivity index (χ3n) is 3.22. The van der Waals surface area contributed by atoms with E-state index in [2.05, 4.69) is 37.5 Å². The van der Waals surface area contributed by atoms with Crippen LogP contribution in [0, 0.1) is 0 Å². The lowest BCUT2D eigenvalue weighted by atomic mass is 10.1. The van der Waals surface area contributed by atoms with Crippen molar-refractivity contribution in [3.63, 3.8) is 0 Å². The first kappa shape index (κ1) is 12.9. The van der Waals surface area contributed by atoms with Gasteiger partial charge in [-0.1, -0.05) is 0 Å². The van der Waals surface area contributed by atoms with Gasteiger partial charge in [0, 0.05) is 38.3 Å². The van der Waals surface area contributed by atoms with Crippen LogP contribution in [0.5, 0.6) is 0 Å². The molecule has 15 heavy (non-hydrogen) atoms. The van der Waals surface area contributed by atoms with E-state index < -0.39 is 5.60 Å². The van der Waals surface area contributed by atoms with Gasteiger partial charge in [0.05, 0.1) is 5.60 Å². The molecule has 0 aromatic rings. The average Bonchev–Trinajstić information content (AvgIpc) is 2.23. The quantitative estimate of drug-likeness (QED) is 0.747. The van der Waals surface area contributed by atoms with Gasteiger partial charge >= 0.3 is 0 Å². The van der Waals surface area contributed by atoms with Gasteiger partial charge in [0.25, 0.3) is 0 Å². The van der Waals surface area contributed by atoms with Crippen LogP contribution in [0.3, 0.4) is 0 Å². The van der Waals surface area contributed by atoms with Crippen molar-refractivity contribution in [1.82, 2.24) is 9.80 Å². The van der Waals surface area contributed by atoms with Gasteiger partial charge in [-0.05, 0) is 34.6 Å². The number of hydrogen-bond donors (Lipinski definition) is 1. The molecule has 1 saturated heterocycles. The third-order valence-corrected chi connectivity index (χ3v) is 3.22. The fourth-order valence-corrected chi connectivity index (χ4v) is 2.22. The van der Waals surface area contributed by atoms with Crippen molar-refractivity contribution in [2.24, 2.45) is 0 Å². The zero-order chi connectivity index (χ0) is 11.6. The summed E-state index contributed by atoms with van der Waals surface area (Å²) in [6, 6.07) is 1.03. The van der Waals surface area contributed by atoms with E-state index in [4.69, 9.17) is 0 Å². The maximum Gasteiger partial charge on any atom is 0.0872 e. The molecule has 0 aromatic heterocycles. The second kappa shape index (κ2) is 4.81. The van der Waals surface area contributed by atoms with Gasteiger partial charge in [-0.25, -0.2) is 0 Å². The SMILES string of the molecule is CC(C)N1CCN(C(C)C)CC(C)(O)C1. The Hall–Kier alpha value is -0.120. The average molecular weight is 214 g/mol. The summed E-state index contributed by atoms with van der Waals surface area (Å²) < 4.78 is 0. The van der Waals surface area contributed by atoms with Gasteiger partial charge in [-0.3, -0.25) is 9.80 Å². The van der Waals surface area contributed by atoms with Crippen LogP contribution in [0.25, 0.3) is 0 Å². The summed E-state index contributed by atoms with van der Waals surface area (Å²) >= 11 is 0. The number of hydrogen-bond acceptors (Lipinski definition) is 3. The Balaban J connectivity index is 2.69. The molecular formula is C12H26N2O. The van der Waals surface area contributed by atoms with E-state index in [1.54, 1.807) is 0 Å². The van der Waals surface area contributed by atoms with E-state index in [0.29, 0.717) is 12.1 Å². The molecule has 1 aliphatic rings. The molecule has 90 valence electrons. The van der Waals surface area contributed by atoms with Crippen molar-refractivity contribution in [1.29, 1.82) is 0 Å². The summed E-state index contributed by atoms with van der Waals surface area (Å²) in [5.41, 5.74) is -0.578. The van der Waals surface area contributed by atoms with Gasteiger partial charge in [-0.15, -0.1) is 0 Å². The maximum absolute atomic E-state index is 10.3. The summed E-state index contributed by atoms with van der Waals surface area (Å²) in [6.45, 7) is 14.4. The van der Waals surface area contributed by atoms with E-state index in [1.165, 1.54) is 0 Å². The first-order chi connectivity index (χ1) is 6.82. The molecule has 3 heteroatoms. The Morgan fingerprint density at radius 1 is 0.933 bits per heavy atom. The van der Waals surface area contributed by atoms with Crippen LogP contribution in [-0.2, 0) is 0 Å². The van der Waals surface area contributed by atoms with Gasteiger partial charge in [-0.2, -0.15) is 0 Å². The predicted molar refractivity (Wildman–Crippen MR) is 64.0 cm³/mol. The third kappa shape index (κ3) is 3.74. The molecular weight excluding hydrogens is 188 g/mol. The molecule has 0 aliphatic carbocycles. The highest BCUT2D eigenvalue weighted by Gasteiger charge is 2.32. The van der Waals surface area contributed by atoms with Crippen LogP contribution in [0.2, 0.25) is 0 Å². The molecule has 3 nitrogen and oxygen atoms in total. The molecule has 0 unspecified atom stereocenters. The minimum Gasteiger partial charge on any atom is -0.388 e. The summed E-state index contributed by atoms with van der Waals surface area (Å²) in [6.07, 6.45) is 0. The van der Waals surface area contributed by atoms with Gasteiger partial charge < -0.3 is 5.11 Å². The van der Waals surface area contributed by atoms with Crippen LogP contribution in [-0.4, -0.2) is 58.8 Å². The van der Waals surface area contributed by atoms with E-state index in [-0.39, 0.29) is 0 Å². The molecule has 0 radical (unpaired) electrons. The minimum absolute atomic E-state index is 0.517. The first-order valence-corrected chi connectivity index (χ1v) is 6.02. The zero-order valence-electron chi connectivity index (χ0n) is 10.8. The van der Waals surface area contributed by atoms with Crippen LogP contribution in [0.4, 0.5) is 0 Å². The van der Waals surface area contributed by atoms with Crippen molar-refractivity contribution in [3.8, 4) is 0 Å². The molecule has 1 rings (SSSR count). The Morgan fingerprint density at radius 3 is 1.53 bits per heavy atom. The topological polar surface area (TPSA) is 26.7 Å². The molecule has 1 heterocycles. The predicted octanol–water partition coefficient (Wildman–Crippen LogP) is 1.17. The zero-order valence-corrected chi connectivity index (χ0v) is 10.8.